The second-order valence-corrected chi connectivity index (χ2v) is 4.54. The van der Waals surface area contributed by atoms with Crippen molar-refractivity contribution < 1.29 is 4.79 Å². The molecule has 3 heteroatoms. The van der Waals surface area contributed by atoms with Crippen molar-refractivity contribution in [3.05, 3.63) is 0 Å². The largest absolute Gasteiger partial charge is 0.353 e. The average Bonchev–Trinajstić information content (AvgIpc) is 2.23. The van der Waals surface area contributed by atoms with Crippen molar-refractivity contribution in [1.29, 1.82) is 0 Å². The molecule has 1 heterocycles. The molecule has 2 rings (SSSR count). The summed E-state index contributed by atoms with van der Waals surface area (Å²) >= 11 is 0. The Labute approximate surface area is 85.6 Å². The number of rotatable bonds is 2. The molecule has 80 valence electrons. The number of nitrogens with one attached hydrogen (secondary N) is 2. The molecule has 1 amide bonds. The molecule has 0 bridgehead atoms. The van der Waals surface area contributed by atoms with E-state index in [0.717, 1.165) is 25.4 Å². The van der Waals surface area contributed by atoms with E-state index in [1.165, 1.54) is 32.1 Å². The van der Waals surface area contributed by atoms with Gasteiger partial charge in [0.2, 0.25) is 5.91 Å². The van der Waals surface area contributed by atoms with Crippen LogP contribution in [-0.2, 0) is 4.79 Å². The fourth-order valence-corrected chi connectivity index (χ4v) is 2.59. The highest BCUT2D eigenvalue weighted by atomic mass is 16.2. The second kappa shape index (κ2) is 4.78. The van der Waals surface area contributed by atoms with Gasteiger partial charge in [0.05, 0.1) is 6.04 Å². The van der Waals surface area contributed by atoms with E-state index < -0.39 is 0 Å². The van der Waals surface area contributed by atoms with Crippen molar-refractivity contribution in [2.45, 2.75) is 44.6 Å². The van der Waals surface area contributed by atoms with Gasteiger partial charge in [-0.05, 0) is 12.3 Å². The Balaban J connectivity index is 1.79. The molecular weight excluding hydrogens is 176 g/mol. The normalized spacial score (nSPS) is 30.0. The monoisotopic (exact) mass is 196 g/mol. The van der Waals surface area contributed by atoms with Gasteiger partial charge >= 0.3 is 0 Å². The van der Waals surface area contributed by atoms with Gasteiger partial charge in [-0.3, -0.25) is 4.79 Å². The zero-order valence-electron chi connectivity index (χ0n) is 8.72. The molecule has 0 aromatic heterocycles. The minimum absolute atomic E-state index is 0.0897. The van der Waals surface area contributed by atoms with Crippen LogP contribution in [0.4, 0.5) is 0 Å². The molecule has 0 spiro atoms. The summed E-state index contributed by atoms with van der Waals surface area (Å²) in [6.07, 6.45) is 7.81. The Morgan fingerprint density at radius 1 is 1.14 bits per heavy atom. The van der Waals surface area contributed by atoms with E-state index in [9.17, 15) is 4.79 Å². The van der Waals surface area contributed by atoms with Crippen LogP contribution in [0, 0.1) is 5.92 Å². The molecule has 2 fully saturated rings. The highest BCUT2D eigenvalue weighted by Gasteiger charge is 2.25. The van der Waals surface area contributed by atoms with Gasteiger partial charge in [-0.15, -0.1) is 0 Å². The molecule has 1 atom stereocenters. The lowest BCUT2D eigenvalue weighted by atomic mass is 9.84. The Morgan fingerprint density at radius 2 is 1.93 bits per heavy atom. The lowest BCUT2D eigenvalue weighted by Gasteiger charge is -2.29. The molecule has 1 saturated heterocycles. The first-order chi connectivity index (χ1) is 6.86. The van der Waals surface area contributed by atoms with E-state index in [-0.39, 0.29) is 11.9 Å². The average molecular weight is 196 g/mol. The van der Waals surface area contributed by atoms with Gasteiger partial charge in [-0.25, -0.2) is 0 Å². The molecule has 0 aromatic carbocycles. The maximum absolute atomic E-state index is 11.5. The van der Waals surface area contributed by atoms with Crippen molar-refractivity contribution in [1.82, 2.24) is 10.6 Å². The molecule has 0 unspecified atom stereocenters. The first-order valence-electron chi connectivity index (χ1n) is 5.87. The van der Waals surface area contributed by atoms with Crippen molar-refractivity contribution in [3.8, 4) is 0 Å². The third-order valence-corrected chi connectivity index (χ3v) is 3.43. The molecule has 1 aliphatic carbocycles. The first-order valence-corrected chi connectivity index (χ1v) is 5.87. The summed E-state index contributed by atoms with van der Waals surface area (Å²) in [4.78, 5) is 11.5. The van der Waals surface area contributed by atoms with Crippen molar-refractivity contribution in [3.63, 3.8) is 0 Å². The highest BCUT2D eigenvalue weighted by molar-refractivity contribution is 5.82. The second-order valence-electron chi connectivity index (χ2n) is 4.54. The zero-order chi connectivity index (χ0) is 9.80. The number of carbonyl (C=O) groups excluding carboxylic acids is 1. The van der Waals surface area contributed by atoms with Crippen LogP contribution in [0.1, 0.15) is 38.5 Å². The molecular formula is C11H20N2O. The van der Waals surface area contributed by atoms with Gasteiger partial charge in [0, 0.05) is 13.1 Å². The Kier molecular flexibility index (Phi) is 3.40. The maximum Gasteiger partial charge on any atom is 0.237 e. The Morgan fingerprint density at radius 3 is 2.64 bits per heavy atom. The summed E-state index contributed by atoms with van der Waals surface area (Å²) < 4.78 is 0. The SMILES string of the molecule is O=C1NCCN[C@H]1CC1CCCCC1. The molecule has 2 aliphatic rings. The van der Waals surface area contributed by atoms with E-state index in [4.69, 9.17) is 0 Å². The van der Waals surface area contributed by atoms with Crippen LogP contribution in [-0.4, -0.2) is 25.0 Å². The smallest absolute Gasteiger partial charge is 0.237 e. The molecule has 2 N–H and O–H groups in total. The van der Waals surface area contributed by atoms with Crippen LogP contribution in [0.2, 0.25) is 0 Å². The standard InChI is InChI=1S/C11H20N2O/c14-11-10(12-6-7-13-11)8-9-4-2-1-3-5-9/h9-10,12H,1-8H2,(H,13,14)/t10-/m0/s1. The van der Waals surface area contributed by atoms with E-state index in [1.54, 1.807) is 0 Å². The predicted octanol–water partition coefficient (Wildman–Crippen LogP) is 1.04. The molecule has 14 heavy (non-hydrogen) atoms. The lowest BCUT2D eigenvalue weighted by molar-refractivity contribution is -0.124. The number of hydrogen-bond donors (Lipinski definition) is 2. The minimum Gasteiger partial charge on any atom is -0.353 e. The summed E-state index contributed by atoms with van der Waals surface area (Å²) in [5, 5.41) is 6.22. The first kappa shape index (κ1) is 9.97. The van der Waals surface area contributed by atoms with Crippen LogP contribution < -0.4 is 10.6 Å². The number of amides is 1. The quantitative estimate of drug-likeness (QED) is 0.693. The summed E-state index contributed by atoms with van der Waals surface area (Å²) in [5.41, 5.74) is 0. The highest BCUT2D eigenvalue weighted by Crippen LogP contribution is 2.27. The van der Waals surface area contributed by atoms with Crippen LogP contribution in [0.3, 0.4) is 0 Å². The summed E-state index contributed by atoms with van der Waals surface area (Å²) in [6.45, 7) is 1.73. The Bertz CT molecular complexity index is 199. The number of hydrogen-bond acceptors (Lipinski definition) is 2. The molecule has 0 radical (unpaired) electrons. The molecule has 3 nitrogen and oxygen atoms in total. The van der Waals surface area contributed by atoms with Crippen LogP contribution in [0.15, 0.2) is 0 Å². The van der Waals surface area contributed by atoms with Gasteiger partial charge < -0.3 is 10.6 Å². The van der Waals surface area contributed by atoms with Gasteiger partial charge in [0.25, 0.3) is 0 Å². The lowest BCUT2D eigenvalue weighted by Crippen LogP contribution is -2.53. The van der Waals surface area contributed by atoms with Gasteiger partial charge in [-0.1, -0.05) is 32.1 Å². The summed E-state index contributed by atoms with van der Waals surface area (Å²) in [5.74, 6) is 0.993. The van der Waals surface area contributed by atoms with Gasteiger partial charge in [0.1, 0.15) is 0 Å². The van der Waals surface area contributed by atoms with E-state index in [1.807, 2.05) is 0 Å². The summed E-state index contributed by atoms with van der Waals surface area (Å²) in [6, 6.07) is 0.0897. The van der Waals surface area contributed by atoms with Gasteiger partial charge in [-0.2, -0.15) is 0 Å². The fourth-order valence-electron chi connectivity index (χ4n) is 2.59. The van der Waals surface area contributed by atoms with Crippen LogP contribution in [0.25, 0.3) is 0 Å². The third-order valence-electron chi connectivity index (χ3n) is 3.43. The third kappa shape index (κ3) is 2.47. The maximum atomic E-state index is 11.5. The minimum atomic E-state index is 0.0897. The molecule has 1 saturated carbocycles. The molecule has 1 aliphatic heterocycles. The fraction of sp³-hybridized carbons (Fsp3) is 0.909. The topological polar surface area (TPSA) is 41.1 Å². The summed E-state index contributed by atoms with van der Waals surface area (Å²) in [7, 11) is 0. The zero-order valence-corrected chi connectivity index (χ0v) is 8.72. The molecule has 0 aromatic rings. The van der Waals surface area contributed by atoms with Crippen LogP contribution in [0.5, 0.6) is 0 Å². The van der Waals surface area contributed by atoms with Crippen LogP contribution >= 0.6 is 0 Å². The van der Waals surface area contributed by atoms with Crippen molar-refractivity contribution >= 4 is 5.91 Å². The van der Waals surface area contributed by atoms with E-state index in [2.05, 4.69) is 10.6 Å². The number of carbonyl (C=O) groups is 1. The van der Waals surface area contributed by atoms with Gasteiger partial charge in [0.15, 0.2) is 0 Å². The van der Waals surface area contributed by atoms with E-state index in [0.29, 0.717) is 0 Å². The van der Waals surface area contributed by atoms with Crippen molar-refractivity contribution in [2.24, 2.45) is 5.92 Å². The van der Waals surface area contributed by atoms with Crippen molar-refractivity contribution in [2.75, 3.05) is 13.1 Å². The number of piperazine rings is 1. The predicted molar refractivity (Wildman–Crippen MR) is 56.0 cm³/mol. The Hall–Kier alpha value is -0.570. The van der Waals surface area contributed by atoms with E-state index >= 15 is 0 Å².